The summed E-state index contributed by atoms with van der Waals surface area (Å²) in [5.74, 6) is -0.147. The molecule has 0 unspecified atom stereocenters. The summed E-state index contributed by atoms with van der Waals surface area (Å²) in [4.78, 5) is 12.3. The summed E-state index contributed by atoms with van der Waals surface area (Å²) >= 11 is 5.97. The molecule has 2 atom stereocenters. The van der Waals surface area contributed by atoms with Gasteiger partial charge in [-0.15, -0.1) is 0 Å². The minimum Gasteiger partial charge on any atom is -0.391 e. The van der Waals surface area contributed by atoms with Gasteiger partial charge in [0.1, 0.15) is 5.69 Å². The maximum Gasteiger partial charge on any atom is 0.268 e. The van der Waals surface area contributed by atoms with Crippen LogP contribution in [0.2, 0.25) is 5.02 Å². The number of nitrogens with zero attached hydrogens (tertiary/aromatic N) is 1. The van der Waals surface area contributed by atoms with Crippen LogP contribution in [-0.2, 0) is 6.54 Å². The fraction of sp³-hybridized carbons (Fsp3) is 0.643. The topological polar surface area (TPSA) is 54.3 Å². The van der Waals surface area contributed by atoms with Crippen molar-refractivity contribution in [3.8, 4) is 0 Å². The van der Waals surface area contributed by atoms with Crippen LogP contribution in [0.3, 0.4) is 0 Å². The van der Waals surface area contributed by atoms with Crippen LogP contribution >= 0.6 is 11.6 Å². The van der Waals surface area contributed by atoms with Gasteiger partial charge in [0.15, 0.2) is 0 Å². The lowest BCUT2D eigenvalue weighted by Gasteiger charge is -2.28. The molecule has 0 aromatic carbocycles. The molecule has 1 aliphatic carbocycles. The smallest absolute Gasteiger partial charge is 0.268 e. The van der Waals surface area contributed by atoms with Crippen molar-refractivity contribution in [1.82, 2.24) is 9.88 Å². The SMILES string of the molecule is CCCn1cc(Cl)cc1C(=O)N[C@@H]1CCCC[C@H]1O. The van der Waals surface area contributed by atoms with E-state index in [4.69, 9.17) is 11.6 Å². The van der Waals surface area contributed by atoms with E-state index in [2.05, 4.69) is 12.2 Å². The zero-order chi connectivity index (χ0) is 13.8. The van der Waals surface area contributed by atoms with Crippen LogP contribution in [0, 0.1) is 0 Å². The normalized spacial score (nSPS) is 23.3. The first-order valence-electron chi connectivity index (χ1n) is 6.96. The molecule has 19 heavy (non-hydrogen) atoms. The molecule has 1 saturated carbocycles. The van der Waals surface area contributed by atoms with Crippen molar-refractivity contribution in [1.29, 1.82) is 0 Å². The Morgan fingerprint density at radius 2 is 2.26 bits per heavy atom. The van der Waals surface area contributed by atoms with Gasteiger partial charge in [0.05, 0.1) is 17.2 Å². The molecule has 0 bridgehead atoms. The molecule has 1 amide bonds. The number of aliphatic hydroxyl groups is 1. The van der Waals surface area contributed by atoms with Crippen LogP contribution in [0.1, 0.15) is 49.5 Å². The van der Waals surface area contributed by atoms with Crippen LogP contribution in [0.15, 0.2) is 12.3 Å². The number of aliphatic hydroxyl groups excluding tert-OH is 1. The molecule has 1 aromatic rings. The predicted molar refractivity (Wildman–Crippen MR) is 75.5 cm³/mol. The molecule has 4 nitrogen and oxygen atoms in total. The Morgan fingerprint density at radius 1 is 1.53 bits per heavy atom. The second-order valence-corrected chi connectivity index (χ2v) is 5.61. The first-order chi connectivity index (χ1) is 9.11. The molecule has 2 rings (SSSR count). The Kier molecular flexibility index (Phi) is 4.88. The van der Waals surface area contributed by atoms with Gasteiger partial charge >= 0.3 is 0 Å². The van der Waals surface area contributed by atoms with E-state index in [1.54, 1.807) is 12.3 Å². The van der Waals surface area contributed by atoms with E-state index in [0.29, 0.717) is 10.7 Å². The molecule has 0 radical (unpaired) electrons. The molecule has 1 aromatic heterocycles. The van der Waals surface area contributed by atoms with Gasteiger partial charge in [-0.05, 0) is 25.3 Å². The quantitative estimate of drug-likeness (QED) is 0.893. The summed E-state index contributed by atoms with van der Waals surface area (Å²) in [5.41, 5.74) is 0.574. The molecular formula is C14H21ClN2O2. The number of hydrogen-bond donors (Lipinski definition) is 2. The van der Waals surface area contributed by atoms with Crippen molar-refractivity contribution in [2.24, 2.45) is 0 Å². The van der Waals surface area contributed by atoms with Crippen molar-refractivity contribution in [3.63, 3.8) is 0 Å². The lowest BCUT2D eigenvalue weighted by atomic mass is 9.92. The van der Waals surface area contributed by atoms with Gasteiger partial charge in [0.2, 0.25) is 0 Å². The summed E-state index contributed by atoms with van der Waals surface area (Å²) < 4.78 is 1.87. The summed E-state index contributed by atoms with van der Waals surface area (Å²) in [6.45, 7) is 2.82. The highest BCUT2D eigenvalue weighted by Gasteiger charge is 2.25. The lowest BCUT2D eigenvalue weighted by Crippen LogP contribution is -2.45. The Labute approximate surface area is 118 Å². The molecule has 2 N–H and O–H groups in total. The number of aromatic nitrogens is 1. The molecule has 0 spiro atoms. The highest BCUT2D eigenvalue weighted by molar-refractivity contribution is 6.31. The van der Waals surface area contributed by atoms with Gasteiger partial charge in [-0.25, -0.2) is 0 Å². The highest BCUT2D eigenvalue weighted by Crippen LogP contribution is 2.20. The van der Waals surface area contributed by atoms with Gasteiger partial charge in [0.25, 0.3) is 5.91 Å². The van der Waals surface area contributed by atoms with Crippen LogP contribution in [0.5, 0.6) is 0 Å². The molecule has 1 heterocycles. The number of hydrogen-bond acceptors (Lipinski definition) is 2. The second-order valence-electron chi connectivity index (χ2n) is 5.17. The van der Waals surface area contributed by atoms with Gasteiger partial charge in [-0.2, -0.15) is 0 Å². The van der Waals surface area contributed by atoms with E-state index in [1.807, 2.05) is 4.57 Å². The van der Waals surface area contributed by atoms with E-state index in [-0.39, 0.29) is 11.9 Å². The lowest BCUT2D eigenvalue weighted by molar-refractivity contribution is 0.0710. The maximum atomic E-state index is 12.3. The number of aryl methyl sites for hydroxylation is 1. The molecule has 1 aliphatic rings. The molecule has 5 heteroatoms. The molecule has 0 aliphatic heterocycles. The van der Waals surface area contributed by atoms with E-state index >= 15 is 0 Å². The molecule has 1 fully saturated rings. The molecule has 0 saturated heterocycles. The highest BCUT2D eigenvalue weighted by atomic mass is 35.5. The third kappa shape index (κ3) is 3.51. The number of rotatable bonds is 4. The van der Waals surface area contributed by atoms with Gasteiger partial charge in [-0.3, -0.25) is 4.79 Å². The summed E-state index contributed by atoms with van der Waals surface area (Å²) in [6.07, 6.45) is 5.98. The van der Waals surface area contributed by atoms with Crippen molar-refractivity contribution in [2.75, 3.05) is 0 Å². The zero-order valence-electron chi connectivity index (χ0n) is 11.2. The van der Waals surface area contributed by atoms with Crippen LogP contribution in [0.4, 0.5) is 0 Å². The monoisotopic (exact) mass is 284 g/mol. The predicted octanol–water partition coefficient (Wildman–Crippen LogP) is 2.58. The number of halogens is 1. The average Bonchev–Trinajstić information content (AvgIpc) is 2.74. The van der Waals surface area contributed by atoms with Crippen LogP contribution in [-0.4, -0.2) is 27.7 Å². The van der Waals surface area contributed by atoms with E-state index in [1.165, 1.54) is 0 Å². The summed E-state index contributed by atoms with van der Waals surface area (Å²) in [7, 11) is 0. The van der Waals surface area contributed by atoms with Crippen molar-refractivity contribution < 1.29 is 9.90 Å². The van der Waals surface area contributed by atoms with E-state index in [9.17, 15) is 9.90 Å². The Morgan fingerprint density at radius 3 is 2.95 bits per heavy atom. The minimum absolute atomic E-state index is 0.134. The number of amides is 1. The fourth-order valence-corrected chi connectivity index (χ4v) is 2.83. The largest absolute Gasteiger partial charge is 0.391 e. The maximum absolute atomic E-state index is 12.3. The third-order valence-electron chi connectivity index (χ3n) is 3.61. The van der Waals surface area contributed by atoms with Crippen LogP contribution < -0.4 is 5.32 Å². The number of carbonyl (C=O) groups excluding carboxylic acids is 1. The molecular weight excluding hydrogens is 264 g/mol. The first kappa shape index (κ1) is 14.4. The van der Waals surface area contributed by atoms with E-state index in [0.717, 1.165) is 38.6 Å². The first-order valence-corrected chi connectivity index (χ1v) is 7.34. The van der Waals surface area contributed by atoms with E-state index < -0.39 is 6.10 Å². The standard InChI is InChI=1S/C14H21ClN2O2/c1-2-7-17-9-10(15)8-12(17)14(19)16-11-5-3-4-6-13(11)18/h8-9,11,13,18H,2-7H2,1H3,(H,16,19)/t11-,13-/m1/s1. The van der Waals surface area contributed by atoms with Gasteiger partial charge in [-0.1, -0.05) is 31.4 Å². The second kappa shape index (κ2) is 6.44. The third-order valence-corrected chi connectivity index (χ3v) is 3.81. The Bertz CT molecular complexity index is 445. The Balaban J connectivity index is 2.06. The van der Waals surface area contributed by atoms with Gasteiger partial charge < -0.3 is 15.0 Å². The molecule has 106 valence electrons. The van der Waals surface area contributed by atoms with Crippen LogP contribution in [0.25, 0.3) is 0 Å². The zero-order valence-corrected chi connectivity index (χ0v) is 12.0. The average molecular weight is 285 g/mol. The van der Waals surface area contributed by atoms with Gasteiger partial charge in [0, 0.05) is 12.7 Å². The summed E-state index contributed by atoms with van der Waals surface area (Å²) in [5, 5.41) is 13.4. The number of carbonyl (C=O) groups is 1. The Hall–Kier alpha value is -1.00. The van der Waals surface area contributed by atoms with Crippen molar-refractivity contribution in [3.05, 3.63) is 23.0 Å². The van der Waals surface area contributed by atoms with Crippen molar-refractivity contribution in [2.45, 2.75) is 57.7 Å². The summed E-state index contributed by atoms with van der Waals surface area (Å²) in [6, 6.07) is 1.55. The number of nitrogens with one attached hydrogen (secondary N) is 1. The minimum atomic E-state index is -0.428. The fourth-order valence-electron chi connectivity index (χ4n) is 2.61. The van der Waals surface area contributed by atoms with Crippen molar-refractivity contribution >= 4 is 17.5 Å².